The van der Waals surface area contributed by atoms with Crippen LogP contribution in [0, 0.1) is 5.92 Å². The summed E-state index contributed by atoms with van der Waals surface area (Å²) in [5.74, 6) is -1.29. The number of aliphatic hydroxyl groups is 1. The van der Waals surface area contributed by atoms with Crippen LogP contribution in [0.3, 0.4) is 0 Å². The molecule has 0 spiro atoms. The molecule has 0 aliphatic heterocycles. The maximum atomic E-state index is 13.1. The number of carbonyl (C=O) groups is 4. The zero-order valence-electron chi connectivity index (χ0n) is 66.1. The van der Waals surface area contributed by atoms with Crippen molar-refractivity contribution in [3.05, 3.63) is 0 Å². The molecule has 3 N–H and O–H groups in total. The van der Waals surface area contributed by atoms with Gasteiger partial charge in [0.1, 0.15) is 19.3 Å². The SMILES string of the molecule is CCCCCCCCCCCCCCCCCCCC(=O)OC[C@H](COP(=O)(O)OC[C@@H](O)COP(=O)(O)OC[C@@H](COC(=O)CCCCCCCCC)OC(=O)CCCCCCCCCCCCCCCCCC)OC(=O)CCCCCCCCCCCCCCCCCCCCC(C)C. The molecule has 101 heavy (non-hydrogen) atoms. The van der Waals surface area contributed by atoms with Crippen LogP contribution in [0.2, 0.25) is 0 Å². The van der Waals surface area contributed by atoms with Crippen LogP contribution < -0.4 is 0 Å². The fraction of sp³-hybridized carbons (Fsp3) is 0.951. The molecule has 5 atom stereocenters. The van der Waals surface area contributed by atoms with Gasteiger partial charge < -0.3 is 33.8 Å². The van der Waals surface area contributed by atoms with Gasteiger partial charge in [0, 0.05) is 25.7 Å². The summed E-state index contributed by atoms with van der Waals surface area (Å²) in [6.45, 7) is 7.34. The average Bonchev–Trinajstić information content (AvgIpc) is 0.925. The fourth-order valence-electron chi connectivity index (χ4n) is 12.8. The van der Waals surface area contributed by atoms with Crippen molar-refractivity contribution in [2.24, 2.45) is 5.92 Å². The van der Waals surface area contributed by atoms with Crippen molar-refractivity contribution >= 4 is 39.5 Å². The summed E-state index contributed by atoms with van der Waals surface area (Å²) in [6.07, 6.45) is 66.8. The van der Waals surface area contributed by atoms with Crippen LogP contribution in [-0.2, 0) is 65.4 Å². The van der Waals surface area contributed by atoms with Gasteiger partial charge >= 0.3 is 39.5 Å². The van der Waals surface area contributed by atoms with Crippen molar-refractivity contribution in [1.82, 2.24) is 0 Å². The third-order valence-electron chi connectivity index (χ3n) is 19.3. The number of carbonyl (C=O) groups excluding carboxylic acids is 4. The summed E-state index contributed by atoms with van der Waals surface area (Å²) in [5, 5.41) is 10.6. The number of hydrogen-bond donors (Lipinski definition) is 3. The van der Waals surface area contributed by atoms with Crippen LogP contribution in [0.4, 0.5) is 0 Å². The van der Waals surface area contributed by atoms with Gasteiger partial charge in [0.15, 0.2) is 12.2 Å². The molecule has 0 aromatic rings. The summed E-state index contributed by atoms with van der Waals surface area (Å²) in [4.78, 5) is 72.9. The molecule has 0 saturated heterocycles. The van der Waals surface area contributed by atoms with Gasteiger partial charge in [-0.1, -0.05) is 388 Å². The summed E-state index contributed by atoms with van der Waals surface area (Å²) in [5.41, 5.74) is 0. The molecule has 0 heterocycles. The fourth-order valence-corrected chi connectivity index (χ4v) is 14.3. The number of phosphoric ester groups is 2. The first kappa shape index (κ1) is 99.1. The predicted octanol–water partition coefficient (Wildman–Crippen LogP) is 24.8. The van der Waals surface area contributed by atoms with Crippen molar-refractivity contribution in [1.29, 1.82) is 0 Å². The first-order valence-corrected chi connectivity index (χ1v) is 45.6. The van der Waals surface area contributed by atoms with Gasteiger partial charge in [-0.2, -0.15) is 0 Å². The number of ether oxygens (including phenoxy) is 4. The summed E-state index contributed by atoms with van der Waals surface area (Å²) in [6, 6.07) is 0. The largest absolute Gasteiger partial charge is 0.472 e. The van der Waals surface area contributed by atoms with E-state index in [2.05, 4.69) is 34.6 Å². The topological polar surface area (TPSA) is 237 Å². The van der Waals surface area contributed by atoms with Gasteiger partial charge in [-0.15, -0.1) is 0 Å². The number of aliphatic hydroxyl groups excluding tert-OH is 1. The minimum atomic E-state index is -4.96. The Balaban J connectivity index is 5.17. The van der Waals surface area contributed by atoms with Crippen molar-refractivity contribution in [3.63, 3.8) is 0 Å². The van der Waals surface area contributed by atoms with E-state index in [0.29, 0.717) is 25.7 Å². The Kier molecular flexibility index (Phi) is 73.5. The van der Waals surface area contributed by atoms with E-state index >= 15 is 0 Å². The quantitative estimate of drug-likeness (QED) is 0.0222. The highest BCUT2D eigenvalue weighted by molar-refractivity contribution is 7.47. The molecule has 0 rings (SSSR count). The van der Waals surface area contributed by atoms with Crippen LogP contribution in [-0.4, -0.2) is 96.7 Å². The molecular weight excluding hydrogens is 1320 g/mol. The standard InChI is InChI=1S/C82H160O17P2/c1-6-9-12-15-18-20-22-24-26-30-35-38-42-46-51-56-61-66-80(85)93-72-78(99-82(87)68-63-58-53-48-44-40-36-32-29-28-31-33-37-41-45-50-54-59-64-75(4)5)74-97-101(90,91)95-70-76(83)69-94-100(88,89)96-73-77(71-92-79(84)65-60-55-49-17-14-11-8-3)98-81(86)67-62-57-52-47-43-39-34-27-25-23-21-19-16-13-10-7-2/h75-78,83H,6-74H2,1-5H3,(H,88,89)(H,90,91)/t76-,77+,78+/m0/s1. The lowest BCUT2D eigenvalue weighted by molar-refractivity contribution is -0.161. The molecule has 0 aromatic carbocycles. The molecule has 0 radical (unpaired) electrons. The number of hydrogen-bond acceptors (Lipinski definition) is 15. The maximum absolute atomic E-state index is 13.1. The van der Waals surface area contributed by atoms with E-state index in [1.165, 1.54) is 250 Å². The van der Waals surface area contributed by atoms with Gasteiger partial charge in [-0.25, -0.2) is 9.13 Å². The number of phosphoric acid groups is 2. The smallest absolute Gasteiger partial charge is 0.462 e. The van der Waals surface area contributed by atoms with Crippen molar-refractivity contribution < 1.29 is 80.2 Å². The molecule has 0 aliphatic carbocycles. The molecular formula is C82H160O17P2. The van der Waals surface area contributed by atoms with E-state index in [4.69, 9.17) is 37.0 Å². The highest BCUT2D eigenvalue weighted by atomic mass is 31.2. The first-order chi connectivity index (χ1) is 49.0. The molecule has 19 heteroatoms. The van der Waals surface area contributed by atoms with Gasteiger partial charge in [0.05, 0.1) is 26.4 Å². The number of esters is 4. The van der Waals surface area contributed by atoms with Crippen LogP contribution in [0.25, 0.3) is 0 Å². The Labute approximate surface area is 619 Å². The van der Waals surface area contributed by atoms with E-state index in [0.717, 1.165) is 109 Å². The van der Waals surface area contributed by atoms with Crippen LogP contribution >= 0.6 is 15.6 Å². The average molecular weight is 1480 g/mol. The lowest BCUT2D eigenvalue weighted by Crippen LogP contribution is -2.30. The van der Waals surface area contributed by atoms with Crippen LogP contribution in [0.15, 0.2) is 0 Å². The molecule has 0 aromatic heterocycles. The third kappa shape index (κ3) is 76.1. The van der Waals surface area contributed by atoms with Crippen molar-refractivity contribution in [3.8, 4) is 0 Å². The van der Waals surface area contributed by atoms with E-state index < -0.39 is 97.5 Å². The normalized spacial score (nSPS) is 13.8. The van der Waals surface area contributed by atoms with Crippen LogP contribution in [0.5, 0.6) is 0 Å². The van der Waals surface area contributed by atoms with Crippen molar-refractivity contribution in [2.75, 3.05) is 39.6 Å². The second-order valence-electron chi connectivity index (χ2n) is 30.0. The summed E-state index contributed by atoms with van der Waals surface area (Å²) < 4.78 is 68.6. The lowest BCUT2D eigenvalue weighted by Gasteiger charge is -2.21. The molecule has 0 fully saturated rings. The Bertz CT molecular complexity index is 1930. The molecule has 0 saturated carbocycles. The second-order valence-corrected chi connectivity index (χ2v) is 32.9. The van der Waals surface area contributed by atoms with Gasteiger partial charge in [-0.05, 0) is 31.6 Å². The van der Waals surface area contributed by atoms with Crippen molar-refractivity contribution in [2.45, 2.75) is 457 Å². The lowest BCUT2D eigenvalue weighted by atomic mass is 10.0. The maximum Gasteiger partial charge on any atom is 0.472 e. The highest BCUT2D eigenvalue weighted by Gasteiger charge is 2.30. The van der Waals surface area contributed by atoms with Gasteiger partial charge in [0.2, 0.25) is 0 Å². The zero-order chi connectivity index (χ0) is 74.1. The predicted molar refractivity (Wildman–Crippen MR) is 414 cm³/mol. The first-order valence-electron chi connectivity index (χ1n) is 42.6. The molecule has 0 amide bonds. The summed E-state index contributed by atoms with van der Waals surface area (Å²) in [7, 11) is -9.91. The molecule has 17 nitrogen and oxygen atoms in total. The molecule has 2 unspecified atom stereocenters. The minimum absolute atomic E-state index is 0.108. The Hall–Kier alpha value is -1.94. The van der Waals surface area contributed by atoms with Gasteiger partial charge in [0.25, 0.3) is 0 Å². The second kappa shape index (κ2) is 74.9. The Morgan fingerprint density at radius 1 is 0.267 bits per heavy atom. The number of rotatable bonds is 82. The third-order valence-corrected chi connectivity index (χ3v) is 21.2. The molecule has 600 valence electrons. The van der Waals surface area contributed by atoms with E-state index in [1.807, 2.05) is 0 Å². The minimum Gasteiger partial charge on any atom is -0.462 e. The van der Waals surface area contributed by atoms with E-state index in [9.17, 15) is 43.2 Å². The highest BCUT2D eigenvalue weighted by Crippen LogP contribution is 2.45. The Morgan fingerprint density at radius 3 is 0.673 bits per heavy atom. The number of unbranched alkanes of at least 4 members (excludes halogenated alkanes) is 54. The Morgan fingerprint density at radius 2 is 0.455 bits per heavy atom. The van der Waals surface area contributed by atoms with Gasteiger partial charge in [-0.3, -0.25) is 37.3 Å². The zero-order valence-corrected chi connectivity index (χ0v) is 67.8. The van der Waals surface area contributed by atoms with E-state index in [1.54, 1.807) is 0 Å². The van der Waals surface area contributed by atoms with Crippen LogP contribution in [0.1, 0.15) is 439 Å². The monoisotopic (exact) mass is 1480 g/mol. The molecule has 0 aliphatic rings. The molecule has 0 bridgehead atoms. The summed E-state index contributed by atoms with van der Waals surface area (Å²) >= 11 is 0. The van der Waals surface area contributed by atoms with E-state index in [-0.39, 0.29) is 25.7 Å².